The summed E-state index contributed by atoms with van der Waals surface area (Å²) in [6.45, 7) is 1.16. The summed E-state index contributed by atoms with van der Waals surface area (Å²) in [6, 6.07) is 0.834. The average Bonchev–Trinajstić information content (AvgIpc) is 2.94. The second-order valence-corrected chi connectivity index (χ2v) is 11.7. The van der Waals surface area contributed by atoms with Gasteiger partial charge in [-0.3, -0.25) is 19.4 Å². The van der Waals surface area contributed by atoms with Gasteiger partial charge in [0.15, 0.2) is 33.2 Å². The van der Waals surface area contributed by atoms with E-state index in [0.29, 0.717) is 19.3 Å². The van der Waals surface area contributed by atoms with Crippen LogP contribution in [0, 0.1) is 0 Å². The van der Waals surface area contributed by atoms with Gasteiger partial charge in [-0.05, 0) is 31.9 Å². The molecule has 1 aromatic carbocycles. The van der Waals surface area contributed by atoms with Crippen LogP contribution in [0.3, 0.4) is 0 Å². The molecule has 0 spiro atoms. The van der Waals surface area contributed by atoms with Crippen LogP contribution in [-0.2, 0) is 24.2 Å². The van der Waals surface area contributed by atoms with E-state index in [4.69, 9.17) is 11.6 Å². The quantitative estimate of drug-likeness (QED) is 0.136. The lowest BCUT2D eigenvalue weighted by atomic mass is 9.97. The number of ketones is 1. The van der Waals surface area contributed by atoms with Gasteiger partial charge in [0.25, 0.3) is 5.91 Å². The Balaban J connectivity index is 1.42. The number of rotatable bonds is 11. The SMILES string of the molecule is C[C@]1(C=NCC(=O)CCCCCNC(=O)c2ccc(O)c(O)c2Cl)[C@H](C(=O)O)N2C(=O)C[C@H]2S1(=O)=O. The lowest BCUT2D eigenvalue weighted by molar-refractivity contribution is -0.156. The minimum Gasteiger partial charge on any atom is -0.504 e. The third-order valence-electron chi connectivity index (χ3n) is 6.35. The number of Topliss-reactive ketones (excluding diaryl/α,β-unsaturated/α-hetero) is 1. The number of unbranched alkanes of at least 4 members (excludes halogenated alkanes) is 2. The molecule has 0 aliphatic carbocycles. The molecule has 14 heteroatoms. The van der Waals surface area contributed by atoms with Gasteiger partial charge in [0.2, 0.25) is 5.91 Å². The van der Waals surface area contributed by atoms with E-state index in [9.17, 15) is 42.9 Å². The lowest BCUT2D eigenvalue weighted by Gasteiger charge is -2.35. The number of β-lactam (4-membered cyclic amide) rings is 1. The zero-order chi connectivity index (χ0) is 26.8. The Morgan fingerprint density at radius 3 is 2.58 bits per heavy atom. The first-order valence-corrected chi connectivity index (χ1v) is 13.0. The van der Waals surface area contributed by atoms with Crippen LogP contribution in [0.25, 0.3) is 0 Å². The molecular weight excluding hydrogens is 518 g/mol. The number of aliphatic imine (C=N–C) groups is 1. The van der Waals surface area contributed by atoms with Crippen LogP contribution >= 0.6 is 11.6 Å². The molecule has 2 aliphatic heterocycles. The third kappa shape index (κ3) is 4.89. The summed E-state index contributed by atoms with van der Waals surface area (Å²) in [5, 5.41) is 29.6. The molecule has 2 amide bonds. The van der Waals surface area contributed by atoms with Crippen LogP contribution in [0.2, 0.25) is 5.02 Å². The van der Waals surface area contributed by atoms with Crippen molar-refractivity contribution in [2.24, 2.45) is 4.99 Å². The normalized spacial score (nSPS) is 24.4. The maximum Gasteiger partial charge on any atom is 0.328 e. The molecule has 2 saturated heterocycles. The van der Waals surface area contributed by atoms with Crippen molar-refractivity contribution in [3.05, 3.63) is 22.7 Å². The van der Waals surface area contributed by atoms with Crippen molar-refractivity contribution in [2.45, 2.75) is 55.2 Å². The van der Waals surface area contributed by atoms with Crippen LogP contribution in [0.4, 0.5) is 0 Å². The molecular formula is C22H26ClN3O9S. The predicted molar refractivity (Wildman–Crippen MR) is 128 cm³/mol. The highest BCUT2D eigenvalue weighted by atomic mass is 35.5. The molecule has 196 valence electrons. The van der Waals surface area contributed by atoms with Crippen LogP contribution in [0.5, 0.6) is 11.5 Å². The maximum absolute atomic E-state index is 12.8. The average molecular weight is 544 g/mol. The Morgan fingerprint density at radius 2 is 1.94 bits per heavy atom. The van der Waals surface area contributed by atoms with Crippen LogP contribution < -0.4 is 5.32 Å². The van der Waals surface area contributed by atoms with Crippen LogP contribution in [0.15, 0.2) is 17.1 Å². The molecule has 2 heterocycles. The third-order valence-corrected chi connectivity index (χ3v) is 9.39. The van der Waals surface area contributed by atoms with Crippen molar-refractivity contribution in [3.63, 3.8) is 0 Å². The molecule has 12 nitrogen and oxygen atoms in total. The summed E-state index contributed by atoms with van der Waals surface area (Å²) in [5.41, 5.74) is 0.0114. The summed E-state index contributed by atoms with van der Waals surface area (Å²) in [4.78, 5) is 52.5. The first-order chi connectivity index (χ1) is 16.8. The van der Waals surface area contributed by atoms with Gasteiger partial charge in [0.05, 0.1) is 23.6 Å². The lowest BCUT2D eigenvalue weighted by Crippen LogP contribution is -2.57. The number of carboxylic acids is 1. The fourth-order valence-corrected chi connectivity index (χ4v) is 6.74. The smallest absolute Gasteiger partial charge is 0.328 e. The first-order valence-electron chi connectivity index (χ1n) is 11.1. The second-order valence-electron chi connectivity index (χ2n) is 8.80. The number of nitrogens with one attached hydrogen (secondary N) is 1. The number of amides is 2. The number of sulfone groups is 1. The number of nitrogens with zero attached hydrogens (tertiary/aromatic N) is 2. The fourth-order valence-electron chi connectivity index (χ4n) is 4.26. The standard InChI is InChI=1S/C22H26ClN3O9S/c1-22(19(21(32)33)26-15(29)9-16(26)36(22,34)35)11-24-10-12(27)5-3-2-4-8-25-20(31)13-6-7-14(28)18(30)17(13)23/h6-7,11,16,19,28,30H,2-5,8-10H2,1H3,(H,25,31)(H,32,33)/t16-,19+,22+/m1/s1. The highest BCUT2D eigenvalue weighted by Crippen LogP contribution is 2.45. The summed E-state index contributed by atoms with van der Waals surface area (Å²) in [7, 11) is -4.02. The molecule has 0 bridgehead atoms. The molecule has 0 saturated carbocycles. The summed E-state index contributed by atoms with van der Waals surface area (Å²) in [6.07, 6.45) is 2.48. The minimum absolute atomic E-state index is 0.0114. The van der Waals surface area contributed by atoms with Gasteiger partial charge in [-0.25, -0.2) is 13.2 Å². The highest BCUT2D eigenvalue weighted by Gasteiger charge is 2.69. The van der Waals surface area contributed by atoms with Crippen molar-refractivity contribution in [1.29, 1.82) is 0 Å². The monoisotopic (exact) mass is 543 g/mol. The molecule has 36 heavy (non-hydrogen) atoms. The topological polar surface area (TPSA) is 191 Å². The zero-order valence-electron chi connectivity index (χ0n) is 19.3. The first kappa shape index (κ1) is 27.4. The van der Waals surface area contributed by atoms with Gasteiger partial charge in [0, 0.05) is 19.2 Å². The zero-order valence-corrected chi connectivity index (χ0v) is 20.9. The van der Waals surface area contributed by atoms with E-state index >= 15 is 0 Å². The van der Waals surface area contributed by atoms with E-state index < -0.39 is 55.3 Å². The van der Waals surface area contributed by atoms with Crippen LogP contribution in [0.1, 0.15) is 49.4 Å². The molecule has 0 radical (unpaired) electrons. The molecule has 4 N–H and O–H groups in total. The number of phenols is 2. The van der Waals surface area contributed by atoms with Gasteiger partial charge < -0.3 is 25.5 Å². The Labute approximate surface area is 211 Å². The van der Waals surface area contributed by atoms with E-state index in [1.54, 1.807) is 0 Å². The Morgan fingerprint density at radius 1 is 1.25 bits per heavy atom. The number of benzene rings is 1. The number of phenolic OH excluding ortho intramolecular Hbond substituents is 2. The van der Waals surface area contributed by atoms with Crippen molar-refractivity contribution in [2.75, 3.05) is 13.1 Å². The number of hydrogen-bond donors (Lipinski definition) is 4. The molecule has 0 unspecified atom stereocenters. The van der Waals surface area contributed by atoms with Crippen LogP contribution in [-0.4, -0.2) is 87.7 Å². The number of aliphatic carboxylic acids is 1. The number of carbonyl (C=O) groups excluding carboxylic acids is 3. The summed E-state index contributed by atoms with van der Waals surface area (Å²) in [5.74, 6) is -3.82. The Kier molecular flexibility index (Phi) is 7.94. The fraction of sp³-hybridized carbons (Fsp3) is 0.500. The largest absolute Gasteiger partial charge is 0.504 e. The maximum atomic E-state index is 12.8. The molecule has 3 rings (SSSR count). The number of fused-ring (bicyclic) bond motifs is 1. The minimum atomic E-state index is -4.02. The Bertz CT molecular complexity index is 1230. The van der Waals surface area contributed by atoms with Gasteiger partial charge in [-0.15, -0.1) is 0 Å². The summed E-state index contributed by atoms with van der Waals surface area (Å²) < 4.78 is 23.6. The molecule has 3 atom stereocenters. The van der Waals surface area contributed by atoms with E-state index in [1.165, 1.54) is 13.0 Å². The van der Waals surface area contributed by atoms with Gasteiger partial charge in [-0.2, -0.15) is 0 Å². The van der Waals surface area contributed by atoms with Crippen molar-refractivity contribution < 1.29 is 42.9 Å². The molecule has 1 aromatic rings. The van der Waals surface area contributed by atoms with Gasteiger partial charge in [0.1, 0.15) is 10.1 Å². The van der Waals surface area contributed by atoms with Crippen molar-refractivity contribution >= 4 is 51.2 Å². The summed E-state index contributed by atoms with van der Waals surface area (Å²) >= 11 is 5.85. The number of aromatic hydroxyl groups is 2. The predicted octanol–water partition coefficient (Wildman–Crippen LogP) is 0.880. The number of hydrogen-bond acceptors (Lipinski definition) is 9. The van der Waals surface area contributed by atoms with Crippen molar-refractivity contribution in [1.82, 2.24) is 10.2 Å². The highest BCUT2D eigenvalue weighted by molar-refractivity contribution is 7.94. The second kappa shape index (κ2) is 10.4. The molecule has 0 aromatic heterocycles. The number of carboxylic acid groups (broad SMARTS) is 1. The van der Waals surface area contributed by atoms with Gasteiger partial charge in [-0.1, -0.05) is 18.0 Å². The van der Waals surface area contributed by atoms with E-state index in [2.05, 4.69) is 10.3 Å². The van der Waals surface area contributed by atoms with E-state index in [1.807, 2.05) is 0 Å². The van der Waals surface area contributed by atoms with E-state index in [0.717, 1.165) is 17.2 Å². The van der Waals surface area contributed by atoms with Gasteiger partial charge >= 0.3 is 5.97 Å². The molecule has 2 aliphatic rings. The molecule has 2 fully saturated rings. The Hall–Kier alpha value is -3.19. The number of halogens is 1. The van der Waals surface area contributed by atoms with E-state index in [-0.39, 0.29) is 42.3 Å². The van der Waals surface area contributed by atoms with Crippen molar-refractivity contribution in [3.8, 4) is 11.5 Å². The number of carbonyl (C=O) groups is 4.